The molecular formula is C10H14O5S2. The van der Waals surface area contributed by atoms with Crippen molar-refractivity contribution in [3.8, 4) is 24.7 Å². The number of rotatable bonds is 8. The summed E-state index contributed by atoms with van der Waals surface area (Å²) in [5.74, 6) is 4.25. The number of hydrogen-bond donors (Lipinski definition) is 2. The molecule has 0 aliphatic heterocycles. The van der Waals surface area contributed by atoms with Crippen LogP contribution in [0.5, 0.6) is 0 Å². The Kier molecular flexibility index (Phi) is 8.51. The van der Waals surface area contributed by atoms with E-state index >= 15 is 0 Å². The van der Waals surface area contributed by atoms with E-state index in [1.807, 2.05) is 0 Å². The molecule has 0 N–H and O–H groups in total. The summed E-state index contributed by atoms with van der Waals surface area (Å²) < 4.78 is 47.4. The zero-order valence-corrected chi connectivity index (χ0v) is 10.9. The van der Waals surface area contributed by atoms with Crippen LogP contribution in [0.15, 0.2) is 0 Å². The molecule has 0 heterocycles. The fraction of sp³-hybridized carbons (Fsp3) is 0.600. The van der Waals surface area contributed by atoms with Crippen molar-refractivity contribution in [1.82, 2.24) is 0 Å². The van der Waals surface area contributed by atoms with Crippen molar-refractivity contribution >= 4 is 21.4 Å². The first-order valence-corrected chi connectivity index (χ1v) is 7.29. The van der Waals surface area contributed by atoms with Crippen molar-refractivity contribution in [2.45, 2.75) is 23.3 Å². The molecule has 0 aromatic heterocycles. The summed E-state index contributed by atoms with van der Waals surface area (Å²) in [6.07, 6.45) is 10.4. The molecule has 0 aliphatic carbocycles. The van der Waals surface area contributed by atoms with Crippen molar-refractivity contribution in [3.05, 3.63) is 0 Å². The van der Waals surface area contributed by atoms with Crippen LogP contribution in [-0.4, -0.2) is 40.5 Å². The van der Waals surface area contributed by atoms with E-state index in [0.29, 0.717) is 0 Å². The van der Waals surface area contributed by atoms with Crippen LogP contribution in [0.3, 0.4) is 0 Å². The molecule has 0 aromatic carbocycles. The van der Waals surface area contributed by atoms with Gasteiger partial charge in [0.05, 0.1) is 0 Å². The van der Waals surface area contributed by atoms with Crippen LogP contribution < -0.4 is 0 Å². The van der Waals surface area contributed by atoms with E-state index in [4.69, 9.17) is 17.6 Å². The van der Waals surface area contributed by atoms with Crippen LogP contribution in [0.25, 0.3) is 0 Å². The summed E-state index contributed by atoms with van der Waals surface area (Å²) in [6.45, 7) is 0.316. The van der Waals surface area contributed by atoms with E-state index in [1.165, 1.54) is 0 Å². The molecule has 7 heteroatoms. The van der Waals surface area contributed by atoms with Crippen molar-refractivity contribution in [3.63, 3.8) is 0 Å². The third-order valence-corrected chi connectivity index (χ3v) is 3.80. The van der Waals surface area contributed by atoms with Crippen LogP contribution in [0.2, 0.25) is 0 Å². The van der Waals surface area contributed by atoms with Crippen molar-refractivity contribution in [2.24, 2.45) is 0 Å². The smallest absolute Gasteiger partial charge is 0.154 e. The Bertz CT molecular complexity index is 392. The molecule has 0 bridgehead atoms. The van der Waals surface area contributed by atoms with Gasteiger partial charge >= 0.3 is 0 Å². The van der Waals surface area contributed by atoms with Crippen molar-refractivity contribution in [1.29, 1.82) is 0 Å². The highest BCUT2D eigenvalue weighted by atomic mass is 32.2. The van der Waals surface area contributed by atoms with Crippen molar-refractivity contribution < 1.29 is 21.6 Å². The number of ether oxygens (including phenoxy) is 1. The lowest BCUT2D eigenvalue weighted by Crippen LogP contribution is -2.14. The second kappa shape index (κ2) is 9.06. The van der Waals surface area contributed by atoms with Gasteiger partial charge in [-0.15, -0.1) is 12.8 Å². The second-order valence-corrected chi connectivity index (χ2v) is 5.51. The molecule has 0 aromatic rings. The largest absolute Gasteiger partial charge is 0.381 e. The van der Waals surface area contributed by atoms with Crippen LogP contribution in [0.4, 0.5) is 0 Å². The summed E-state index contributed by atoms with van der Waals surface area (Å²) >= 11 is 0. The SMILES string of the molecule is C#CC(CCOCCC(C#C)[SH](=O)=O)[SH](=O)=O. The van der Waals surface area contributed by atoms with E-state index in [-0.39, 0.29) is 26.1 Å². The highest BCUT2D eigenvalue weighted by Gasteiger charge is 2.09. The van der Waals surface area contributed by atoms with Gasteiger partial charge in [0, 0.05) is 13.2 Å². The van der Waals surface area contributed by atoms with Crippen LogP contribution in [0.1, 0.15) is 12.8 Å². The van der Waals surface area contributed by atoms with Crippen LogP contribution >= 0.6 is 0 Å². The fourth-order valence-corrected chi connectivity index (χ4v) is 1.87. The molecule has 2 atom stereocenters. The van der Waals surface area contributed by atoms with Crippen LogP contribution in [-0.2, 0) is 26.1 Å². The average Bonchev–Trinajstić information content (AvgIpc) is 2.27. The minimum Gasteiger partial charge on any atom is -0.381 e. The van der Waals surface area contributed by atoms with Gasteiger partial charge in [0.25, 0.3) is 0 Å². The van der Waals surface area contributed by atoms with E-state index < -0.39 is 31.9 Å². The molecule has 0 rings (SSSR count). The lowest BCUT2D eigenvalue weighted by molar-refractivity contribution is 0.132. The van der Waals surface area contributed by atoms with Gasteiger partial charge in [-0.05, 0) is 12.8 Å². The summed E-state index contributed by atoms with van der Waals surface area (Å²) in [5, 5.41) is -1.69. The minimum atomic E-state index is -2.66. The molecule has 0 aliphatic rings. The molecular weight excluding hydrogens is 264 g/mol. The van der Waals surface area contributed by atoms with Crippen LogP contribution in [0, 0.1) is 24.7 Å². The first-order valence-electron chi connectivity index (χ1n) is 4.80. The maximum atomic E-state index is 10.6. The van der Waals surface area contributed by atoms with Gasteiger partial charge in [-0.3, -0.25) is 0 Å². The van der Waals surface area contributed by atoms with Gasteiger partial charge in [0.2, 0.25) is 0 Å². The zero-order valence-electron chi connectivity index (χ0n) is 9.07. The molecule has 0 fully saturated rings. The topological polar surface area (TPSA) is 77.5 Å². The molecule has 0 amide bonds. The summed E-state index contributed by atoms with van der Waals surface area (Å²) in [5.41, 5.74) is 0. The first-order chi connectivity index (χ1) is 8.02. The number of hydrogen-bond acceptors (Lipinski definition) is 5. The maximum Gasteiger partial charge on any atom is 0.154 e. The normalized spacial score (nSPS) is 14.1. The third kappa shape index (κ3) is 7.01. The number of thiol groups is 2. The predicted octanol–water partition coefficient (Wildman–Crippen LogP) is -0.990. The molecule has 17 heavy (non-hydrogen) atoms. The van der Waals surface area contributed by atoms with E-state index in [9.17, 15) is 16.8 Å². The first kappa shape index (κ1) is 16.0. The maximum absolute atomic E-state index is 10.6. The predicted molar refractivity (Wildman–Crippen MR) is 65.9 cm³/mol. The molecule has 5 nitrogen and oxygen atoms in total. The lowest BCUT2D eigenvalue weighted by Gasteiger charge is -2.06. The van der Waals surface area contributed by atoms with Gasteiger partial charge in [0.1, 0.15) is 10.5 Å². The van der Waals surface area contributed by atoms with Gasteiger partial charge in [-0.25, -0.2) is 16.8 Å². The highest BCUT2D eigenvalue weighted by molar-refractivity contribution is 7.73. The van der Waals surface area contributed by atoms with Gasteiger partial charge in [0.15, 0.2) is 21.4 Å². The average molecular weight is 278 g/mol. The van der Waals surface area contributed by atoms with E-state index in [0.717, 1.165) is 0 Å². The molecule has 0 saturated carbocycles. The zero-order chi connectivity index (χ0) is 13.3. The Balaban J connectivity index is 3.81. The number of terminal acetylenes is 2. The molecule has 96 valence electrons. The monoisotopic (exact) mass is 278 g/mol. The van der Waals surface area contributed by atoms with Crippen molar-refractivity contribution in [2.75, 3.05) is 13.2 Å². The Morgan fingerprint density at radius 2 is 1.24 bits per heavy atom. The lowest BCUT2D eigenvalue weighted by atomic mass is 10.3. The van der Waals surface area contributed by atoms with Gasteiger partial charge < -0.3 is 4.74 Å². The standard InChI is InChI=1S/C10H14O5S2/c1-3-9(16(11)12)5-7-15-8-6-10(4-2)17(13)14/h1-2,9-10,16-17H,5-8H2. The summed E-state index contributed by atoms with van der Waals surface area (Å²) in [6, 6.07) is 0. The summed E-state index contributed by atoms with van der Waals surface area (Å²) in [7, 11) is -5.31. The third-order valence-electron chi connectivity index (χ3n) is 1.96. The molecule has 2 unspecified atom stereocenters. The Morgan fingerprint density at radius 1 is 0.882 bits per heavy atom. The fourth-order valence-electron chi connectivity index (χ4n) is 0.991. The molecule has 0 spiro atoms. The molecule has 0 radical (unpaired) electrons. The Morgan fingerprint density at radius 3 is 1.47 bits per heavy atom. The highest BCUT2D eigenvalue weighted by Crippen LogP contribution is 1.99. The Labute approximate surface area is 104 Å². The van der Waals surface area contributed by atoms with Gasteiger partial charge in [-0.1, -0.05) is 11.8 Å². The molecule has 0 saturated heterocycles. The minimum absolute atomic E-state index is 0.158. The van der Waals surface area contributed by atoms with Gasteiger partial charge in [-0.2, -0.15) is 0 Å². The van der Waals surface area contributed by atoms with E-state index in [1.54, 1.807) is 0 Å². The quantitative estimate of drug-likeness (QED) is 0.339. The van der Waals surface area contributed by atoms with E-state index in [2.05, 4.69) is 11.8 Å². The Hall–Kier alpha value is -1.02. The second-order valence-electron chi connectivity index (χ2n) is 3.13. The summed E-state index contributed by atoms with van der Waals surface area (Å²) in [4.78, 5) is 0.